The highest BCUT2D eigenvalue weighted by molar-refractivity contribution is 7.92. The summed E-state index contributed by atoms with van der Waals surface area (Å²) < 4.78 is 27.3. The van der Waals surface area contributed by atoms with E-state index in [-0.39, 0.29) is 0 Å². The standard InChI is InChI=1S/C14H17NO4S/c1-14(2,20(4,17)18)13(16)11-8-15-12-6-5-9(19-3)7-10(11)12/h5-8,15H,1-4H3. The quantitative estimate of drug-likeness (QED) is 0.877. The van der Waals surface area contributed by atoms with E-state index in [1.54, 1.807) is 24.4 Å². The Balaban J connectivity index is 2.61. The molecule has 2 aromatic rings. The summed E-state index contributed by atoms with van der Waals surface area (Å²) in [7, 11) is -1.97. The molecule has 0 bridgehead atoms. The maximum Gasteiger partial charge on any atom is 0.185 e. The van der Waals surface area contributed by atoms with Gasteiger partial charge in [-0.1, -0.05) is 0 Å². The van der Waals surface area contributed by atoms with Crippen LogP contribution in [0.1, 0.15) is 24.2 Å². The van der Waals surface area contributed by atoms with Crippen molar-refractivity contribution >= 4 is 26.5 Å². The highest BCUT2D eigenvalue weighted by atomic mass is 32.2. The largest absolute Gasteiger partial charge is 0.497 e. The van der Waals surface area contributed by atoms with Gasteiger partial charge < -0.3 is 9.72 Å². The van der Waals surface area contributed by atoms with Crippen LogP contribution in [0.5, 0.6) is 5.75 Å². The van der Waals surface area contributed by atoms with Crippen molar-refractivity contribution < 1.29 is 17.9 Å². The predicted octanol–water partition coefficient (Wildman–Crippen LogP) is 2.18. The minimum absolute atomic E-state index is 0.356. The number of Topliss-reactive ketones (excluding diaryl/α,β-unsaturated/α-hetero) is 1. The molecule has 0 saturated heterocycles. The Morgan fingerprint density at radius 2 is 1.95 bits per heavy atom. The number of hydrogen-bond donors (Lipinski definition) is 1. The van der Waals surface area contributed by atoms with Crippen LogP contribution in [0.3, 0.4) is 0 Å². The highest BCUT2D eigenvalue weighted by Gasteiger charge is 2.39. The zero-order chi connectivity index (χ0) is 15.1. The van der Waals surface area contributed by atoms with Crippen LogP contribution in [0, 0.1) is 0 Å². The minimum atomic E-state index is -3.51. The zero-order valence-corrected chi connectivity index (χ0v) is 12.7. The number of aromatic amines is 1. The first-order valence-electron chi connectivity index (χ1n) is 6.08. The fraction of sp³-hybridized carbons (Fsp3) is 0.357. The van der Waals surface area contributed by atoms with Gasteiger partial charge in [0.15, 0.2) is 15.6 Å². The Hall–Kier alpha value is -1.82. The zero-order valence-electron chi connectivity index (χ0n) is 11.9. The molecule has 108 valence electrons. The number of carbonyl (C=O) groups is 1. The molecule has 20 heavy (non-hydrogen) atoms. The van der Waals surface area contributed by atoms with Gasteiger partial charge in [-0.2, -0.15) is 0 Å². The van der Waals surface area contributed by atoms with E-state index in [2.05, 4.69) is 4.98 Å². The van der Waals surface area contributed by atoms with E-state index < -0.39 is 20.4 Å². The SMILES string of the molecule is COc1ccc2[nH]cc(C(=O)C(C)(C)S(C)(=O)=O)c2c1. The lowest BCUT2D eigenvalue weighted by Crippen LogP contribution is -2.39. The van der Waals surface area contributed by atoms with Gasteiger partial charge in [0.1, 0.15) is 10.5 Å². The molecule has 0 aliphatic carbocycles. The summed E-state index contributed by atoms with van der Waals surface area (Å²) in [5.41, 5.74) is 1.12. The van der Waals surface area contributed by atoms with Crippen LogP contribution in [0.25, 0.3) is 10.9 Å². The van der Waals surface area contributed by atoms with Crippen molar-refractivity contribution in [3.63, 3.8) is 0 Å². The van der Waals surface area contributed by atoms with Crippen molar-refractivity contribution in [3.05, 3.63) is 30.0 Å². The van der Waals surface area contributed by atoms with Crippen LogP contribution in [0.15, 0.2) is 24.4 Å². The number of sulfone groups is 1. The third kappa shape index (κ3) is 2.20. The van der Waals surface area contributed by atoms with Crippen molar-refractivity contribution in [1.82, 2.24) is 4.98 Å². The van der Waals surface area contributed by atoms with E-state index in [9.17, 15) is 13.2 Å². The van der Waals surface area contributed by atoms with Crippen molar-refractivity contribution in [2.75, 3.05) is 13.4 Å². The number of ether oxygens (including phenoxy) is 1. The molecule has 0 aliphatic rings. The van der Waals surface area contributed by atoms with Crippen LogP contribution in [0.2, 0.25) is 0 Å². The van der Waals surface area contributed by atoms with Crippen molar-refractivity contribution in [3.8, 4) is 5.75 Å². The van der Waals surface area contributed by atoms with Crippen LogP contribution < -0.4 is 4.74 Å². The number of benzene rings is 1. The molecular formula is C14H17NO4S. The average molecular weight is 295 g/mol. The van der Waals surface area contributed by atoms with Crippen molar-refractivity contribution in [2.24, 2.45) is 0 Å². The first-order valence-corrected chi connectivity index (χ1v) is 7.97. The van der Waals surface area contributed by atoms with E-state index in [1.807, 2.05) is 0 Å². The maximum atomic E-state index is 12.5. The topological polar surface area (TPSA) is 76.2 Å². The number of carbonyl (C=O) groups excluding carboxylic acids is 1. The molecule has 0 spiro atoms. The third-order valence-electron chi connectivity index (χ3n) is 3.61. The lowest BCUT2D eigenvalue weighted by molar-refractivity contribution is 0.0956. The molecule has 5 nitrogen and oxygen atoms in total. The monoisotopic (exact) mass is 295 g/mol. The van der Waals surface area contributed by atoms with Gasteiger partial charge in [0.25, 0.3) is 0 Å². The summed E-state index contributed by atoms with van der Waals surface area (Å²) in [5, 5.41) is 0.658. The summed E-state index contributed by atoms with van der Waals surface area (Å²) in [4.78, 5) is 15.5. The molecule has 0 unspecified atom stereocenters. The molecule has 0 radical (unpaired) electrons. The Bertz CT molecular complexity index is 772. The van der Waals surface area contributed by atoms with Gasteiger partial charge in [-0.3, -0.25) is 4.79 Å². The number of nitrogens with one attached hydrogen (secondary N) is 1. The van der Waals surface area contributed by atoms with Gasteiger partial charge in [-0.15, -0.1) is 0 Å². The normalized spacial score (nSPS) is 12.6. The van der Waals surface area contributed by atoms with Gasteiger partial charge in [-0.25, -0.2) is 8.42 Å². The average Bonchev–Trinajstić information content (AvgIpc) is 2.78. The van der Waals surface area contributed by atoms with E-state index in [0.717, 1.165) is 11.8 Å². The second-order valence-corrected chi connectivity index (χ2v) is 7.79. The molecule has 1 aromatic carbocycles. The van der Waals surface area contributed by atoms with Crippen molar-refractivity contribution in [2.45, 2.75) is 18.6 Å². The number of rotatable bonds is 4. The first kappa shape index (κ1) is 14.6. The van der Waals surface area contributed by atoms with E-state index in [1.165, 1.54) is 21.0 Å². The Kier molecular flexibility index (Phi) is 3.37. The molecule has 1 heterocycles. The van der Waals surface area contributed by atoms with E-state index in [0.29, 0.717) is 16.7 Å². The van der Waals surface area contributed by atoms with E-state index in [4.69, 9.17) is 4.74 Å². The van der Waals surface area contributed by atoms with Gasteiger partial charge in [0.05, 0.1) is 7.11 Å². The summed E-state index contributed by atoms with van der Waals surface area (Å²) in [5.74, 6) is 0.183. The van der Waals surface area contributed by atoms with Crippen LogP contribution in [-0.4, -0.2) is 37.3 Å². The fourth-order valence-corrected chi connectivity index (χ4v) is 2.35. The molecular weight excluding hydrogens is 278 g/mol. The Morgan fingerprint density at radius 1 is 1.30 bits per heavy atom. The van der Waals surface area contributed by atoms with Gasteiger partial charge in [0, 0.05) is 28.9 Å². The fourth-order valence-electron chi connectivity index (χ4n) is 1.91. The van der Waals surface area contributed by atoms with Gasteiger partial charge >= 0.3 is 0 Å². The second-order valence-electron chi connectivity index (χ2n) is 5.23. The molecule has 0 atom stereocenters. The Labute approximate surface area is 117 Å². The molecule has 0 aliphatic heterocycles. The summed E-state index contributed by atoms with van der Waals surface area (Å²) in [6.07, 6.45) is 2.61. The molecule has 0 amide bonds. The number of H-pyrrole nitrogens is 1. The number of hydrogen-bond acceptors (Lipinski definition) is 4. The highest BCUT2D eigenvalue weighted by Crippen LogP contribution is 2.29. The molecule has 1 N–H and O–H groups in total. The first-order chi connectivity index (χ1) is 9.18. The lowest BCUT2D eigenvalue weighted by atomic mass is 9.99. The molecule has 2 rings (SSSR count). The molecule has 1 aromatic heterocycles. The summed E-state index contributed by atoms with van der Waals surface area (Å²) in [6, 6.07) is 5.28. The predicted molar refractivity (Wildman–Crippen MR) is 78.1 cm³/mol. The van der Waals surface area contributed by atoms with Crippen LogP contribution in [0.4, 0.5) is 0 Å². The minimum Gasteiger partial charge on any atom is -0.497 e. The van der Waals surface area contributed by atoms with Crippen LogP contribution >= 0.6 is 0 Å². The summed E-state index contributed by atoms with van der Waals surface area (Å²) >= 11 is 0. The molecule has 0 fully saturated rings. The number of methoxy groups -OCH3 is 1. The third-order valence-corrected chi connectivity index (χ3v) is 5.65. The smallest absolute Gasteiger partial charge is 0.185 e. The summed E-state index contributed by atoms with van der Waals surface area (Å²) in [6.45, 7) is 2.84. The molecule has 6 heteroatoms. The number of ketones is 1. The van der Waals surface area contributed by atoms with Crippen molar-refractivity contribution in [1.29, 1.82) is 0 Å². The van der Waals surface area contributed by atoms with Gasteiger partial charge in [-0.05, 0) is 32.0 Å². The molecule has 0 saturated carbocycles. The van der Waals surface area contributed by atoms with Gasteiger partial charge in [0.2, 0.25) is 0 Å². The maximum absolute atomic E-state index is 12.5. The Morgan fingerprint density at radius 3 is 2.50 bits per heavy atom. The van der Waals surface area contributed by atoms with E-state index >= 15 is 0 Å². The number of aromatic nitrogens is 1. The van der Waals surface area contributed by atoms with Crippen LogP contribution in [-0.2, 0) is 9.84 Å². The number of fused-ring (bicyclic) bond motifs is 1. The lowest BCUT2D eigenvalue weighted by Gasteiger charge is -2.20. The second kappa shape index (κ2) is 4.63.